The van der Waals surface area contributed by atoms with E-state index in [1.54, 1.807) is 13.8 Å². The molecule has 0 radical (unpaired) electrons. The van der Waals surface area contributed by atoms with E-state index in [2.05, 4.69) is 5.32 Å². The first-order valence-corrected chi connectivity index (χ1v) is 10.5. The molecule has 0 saturated heterocycles. The van der Waals surface area contributed by atoms with Crippen LogP contribution < -0.4 is 10.1 Å². The number of anilines is 1. The third-order valence-corrected chi connectivity index (χ3v) is 6.32. The number of nitro benzene ring substituents is 1. The summed E-state index contributed by atoms with van der Waals surface area (Å²) in [5.74, 6) is 0.750. The minimum atomic E-state index is -3.76. The van der Waals surface area contributed by atoms with Gasteiger partial charge in [0.05, 0.1) is 9.82 Å². The van der Waals surface area contributed by atoms with Crippen molar-refractivity contribution in [3.8, 4) is 5.75 Å². The molecular formula is C19H25N3O5S. The third-order valence-electron chi connectivity index (χ3n) is 4.28. The smallest absolute Gasteiger partial charge is 0.293 e. The largest absolute Gasteiger partial charge is 0.491 e. The number of para-hydroxylation sites is 1. The van der Waals surface area contributed by atoms with Crippen LogP contribution in [0.2, 0.25) is 0 Å². The summed E-state index contributed by atoms with van der Waals surface area (Å²) in [4.78, 5) is 10.8. The summed E-state index contributed by atoms with van der Waals surface area (Å²) in [6.07, 6.45) is 0. The number of nitrogens with one attached hydrogen (secondary N) is 1. The summed E-state index contributed by atoms with van der Waals surface area (Å²) in [6, 6.07) is 11.5. The number of hydrogen-bond donors (Lipinski definition) is 1. The van der Waals surface area contributed by atoms with Gasteiger partial charge < -0.3 is 10.1 Å². The molecule has 28 heavy (non-hydrogen) atoms. The number of nitrogens with zero attached hydrogens (tertiary/aromatic N) is 2. The molecule has 2 rings (SSSR count). The van der Waals surface area contributed by atoms with Crippen molar-refractivity contribution in [2.24, 2.45) is 0 Å². The highest BCUT2D eigenvalue weighted by atomic mass is 32.2. The number of ether oxygens (including phenoxy) is 1. The SMILES string of the molecule is CCN(CC)S(=O)(=O)c1ccc(NCCOc2ccccc2C)c([N+](=O)[O-])c1. The summed E-state index contributed by atoms with van der Waals surface area (Å²) in [5.41, 5.74) is 0.959. The van der Waals surface area contributed by atoms with Crippen LogP contribution in [-0.2, 0) is 10.0 Å². The second-order valence-corrected chi connectivity index (χ2v) is 8.00. The molecule has 0 fully saturated rings. The van der Waals surface area contributed by atoms with Crippen LogP contribution in [0.5, 0.6) is 5.75 Å². The molecule has 0 unspecified atom stereocenters. The summed E-state index contributed by atoms with van der Waals surface area (Å²) in [5, 5.41) is 14.4. The van der Waals surface area contributed by atoms with Crippen LogP contribution in [0.25, 0.3) is 0 Å². The molecule has 0 aliphatic heterocycles. The Kier molecular flexibility index (Phi) is 7.36. The molecule has 2 aromatic rings. The van der Waals surface area contributed by atoms with Crippen LogP contribution in [-0.4, -0.2) is 43.9 Å². The lowest BCUT2D eigenvalue weighted by Crippen LogP contribution is -2.30. The van der Waals surface area contributed by atoms with E-state index >= 15 is 0 Å². The molecule has 0 aromatic heterocycles. The van der Waals surface area contributed by atoms with Gasteiger partial charge in [-0.2, -0.15) is 4.31 Å². The van der Waals surface area contributed by atoms with Gasteiger partial charge in [-0.25, -0.2) is 8.42 Å². The zero-order valence-electron chi connectivity index (χ0n) is 16.2. The highest BCUT2D eigenvalue weighted by Crippen LogP contribution is 2.29. The molecule has 152 valence electrons. The molecule has 0 spiro atoms. The predicted octanol–water partition coefficient (Wildman–Crippen LogP) is 3.42. The van der Waals surface area contributed by atoms with Crippen molar-refractivity contribution in [1.82, 2.24) is 4.31 Å². The van der Waals surface area contributed by atoms with Crippen LogP contribution in [0.4, 0.5) is 11.4 Å². The van der Waals surface area contributed by atoms with Gasteiger partial charge in [0, 0.05) is 25.7 Å². The van der Waals surface area contributed by atoms with Crippen LogP contribution in [0.3, 0.4) is 0 Å². The maximum atomic E-state index is 12.6. The lowest BCUT2D eigenvalue weighted by atomic mass is 10.2. The first-order valence-electron chi connectivity index (χ1n) is 9.02. The fourth-order valence-electron chi connectivity index (χ4n) is 2.75. The Morgan fingerprint density at radius 1 is 1.14 bits per heavy atom. The summed E-state index contributed by atoms with van der Waals surface area (Å²) >= 11 is 0. The van der Waals surface area contributed by atoms with E-state index in [0.29, 0.717) is 26.2 Å². The molecule has 0 bridgehead atoms. The minimum Gasteiger partial charge on any atom is -0.491 e. The molecule has 2 aromatic carbocycles. The van der Waals surface area contributed by atoms with Gasteiger partial charge >= 0.3 is 0 Å². The van der Waals surface area contributed by atoms with Crippen molar-refractivity contribution < 1.29 is 18.1 Å². The van der Waals surface area contributed by atoms with Gasteiger partial charge in [-0.1, -0.05) is 32.0 Å². The van der Waals surface area contributed by atoms with Crippen molar-refractivity contribution >= 4 is 21.4 Å². The highest BCUT2D eigenvalue weighted by molar-refractivity contribution is 7.89. The molecule has 0 saturated carbocycles. The quantitative estimate of drug-likeness (QED) is 0.368. The standard InChI is InChI=1S/C19H25N3O5S/c1-4-21(5-2)28(25,26)16-10-11-17(18(14-16)22(23)24)20-12-13-27-19-9-7-6-8-15(19)3/h6-11,14,20H,4-5,12-13H2,1-3H3. The van der Waals surface area contributed by atoms with E-state index < -0.39 is 14.9 Å². The number of benzene rings is 2. The first kappa shape index (κ1) is 21.6. The summed E-state index contributed by atoms with van der Waals surface area (Å²) in [6.45, 7) is 6.60. The van der Waals surface area contributed by atoms with Crippen molar-refractivity contribution in [1.29, 1.82) is 0 Å². The zero-order chi connectivity index (χ0) is 20.7. The zero-order valence-corrected chi connectivity index (χ0v) is 17.0. The Labute approximate surface area is 165 Å². The molecular weight excluding hydrogens is 382 g/mol. The minimum absolute atomic E-state index is 0.0930. The molecule has 0 heterocycles. The molecule has 0 atom stereocenters. The Morgan fingerprint density at radius 3 is 2.43 bits per heavy atom. The first-order chi connectivity index (χ1) is 13.3. The monoisotopic (exact) mass is 407 g/mol. The number of sulfonamides is 1. The topological polar surface area (TPSA) is 102 Å². The van der Waals surface area contributed by atoms with Gasteiger partial charge in [-0.3, -0.25) is 10.1 Å². The van der Waals surface area contributed by atoms with E-state index in [-0.39, 0.29) is 16.3 Å². The second kappa shape index (κ2) is 9.52. The van der Waals surface area contributed by atoms with E-state index in [1.165, 1.54) is 16.4 Å². The van der Waals surface area contributed by atoms with Gasteiger partial charge in [-0.15, -0.1) is 0 Å². The molecule has 1 N–H and O–H groups in total. The Morgan fingerprint density at radius 2 is 1.82 bits per heavy atom. The van der Waals surface area contributed by atoms with Crippen molar-refractivity contribution in [3.05, 3.63) is 58.1 Å². The average molecular weight is 407 g/mol. The Hall–Kier alpha value is -2.65. The average Bonchev–Trinajstić information content (AvgIpc) is 2.67. The number of hydrogen-bond acceptors (Lipinski definition) is 6. The van der Waals surface area contributed by atoms with E-state index in [1.807, 2.05) is 31.2 Å². The van der Waals surface area contributed by atoms with E-state index in [4.69, 9.17) is 4.74 Å². The van der Waals surface area contributed by atoms with Crippen molar-refractivity contribution in [2.75, 3.05) is 31.6 Å². The van der Waals surface area contributed by atoms with E-state index in [0.717, 1.165) is 17.4 Å². The maximum Gasteiger partial charge on any atom is 0.293 e. The third kappa shape index (κ3) is 4.99. The van der Waals surface area contributed by atoms with Gasteiger partial charge in [0.25, 0.3) is 5.69 Å². The molecule has 0 aliphatic rings. The summed E-state index contributed by atoms with van der Waals surface area (Å²) in [7, 11) is -3.76. The summed E-state index contributed by atoms with van der Waals surface area (Å²) < 4.78 is 32.1. The molecule has 9 heteroatoms. The predicted molar refractivity (Wildman–Crippen MR) is 108 cm³/mol. The van der Waals surface area contributed by atoms with Gasteiger partial charge in [0.2, 0.25) is 10.0 Å². The van der Waals surface area contributed by atoms with Crippen LogP contribution in [0, 0.1) is 17.0 Å². The molecule has 0 amide bonds. The van der Waals surface area contributed by atoms with Crippen molar-refractivity contribution in [2.45, 2.75) is 25.7 Å². The van der Waals surface area contributed by atoms with Gasteiger partial charge in [0.15, 0.2) is 0 Å². The second-order valence-electron chi connectivity index (χ2n) is 6.07. The molecule has 8 nitrogen and oxygen atoms in total. The van der Waals surface area contributed by atoms with E-state index in [9.17, 15) is 18.5 Å². The normalized spacial score (nSPS) is 11.4. The van der Waals surface area contributed by atoms with Crippen LogP contribution in [0.15, 0.2) is 47.4 Å². The lowest BCUT2D eigenvalue weighted by molar-refractivity contribution is -0.384. The fraction of sp³-hybridized carbons (Fsp3) is 0.368. The van der Waals surface area contributed by atoms with Crippen LogP contribution >= 0.6 is 0 Å². The Balaban J connectivity index is 2.13. The fourth-order valence-corrected chi connectivity index (χ4v) is 4.23. The lowest BCUT2D eigenvalue weighted by Gasteiger charge is -2.18. The van der Waals surface area contributed by atoms with Gasteiger partial charge in [0.1, 0.15) is 18.0 Å². The van der Waals surface area contributed by atoms with Gasteiger partial charge in [-0.05, 0) is 30.7 Å². The highest BCUT2D eigenvalue weighted by Gasteiger charge is 2.25. The molecule has 0 aliphatic carbocycles. The van der Waals surface area contributed by atoms with Crippen molar-refractivity contribution in [3.63, 3.8) is 0 Å². The maximum absolute atomic E-state index is 12.6. The number of aryl methyl sites for hydroxylation is 1. The number of nitro groups is 1. The van der Waals surface area contributed by atoms with Crippen LogP contribution in [0.1, 0.15) is 19.4 Å². The number of rotatable bonds is 10. The Bertz CT molecular complexity index is 927.